The summed E-state index contributed by atoms with van der Waals surface area (Å²) in [6, 6.07) is 35.6. The van der Waals surface area contributed by atoms with Gasteiger partial charge in [-0.05, 0) is 75.1 Å². The first-order chi connectivity index (χ1) is 24.1. The Morgan fingerprint density at radius 1 is 0.686 bits per heavy atom. The van der Waals surface area contributed by atoms with Crippen molar-refractivity contribution in [2.24, 2.45) is 5.92 Å². The summed E-state index contributed by atoms with van der Waals surface area (Å²) in [5.41, 5.74) is 10.6. The zero-order valence-electron chi connectivity index (χ0n) is 30.1. The summed E-state index contributed by atoms with van der Waals surface area (Å²) >= 11 is 0. The minimum atomic E-state index is -0.159. The van der Waals surface area contributed by atoms with Gasteiger partial charge in [-0.1, -0.05) is 108 Å². The van der Waals surface area contributed by atoms with Crippen LogP contribution in [0.2, 0.25) is 0 Å². The van der Waals surface area contributed by atoms with Gasteiger partial charge < -0.3 is 14.4 Å². The Labute approximate surface area is 313 Å². The van der Waals surface area contributed by atoms with Crippen molar-refractivity contribution < 1.29 is 28.9 Å². The Kier molecular flexibility index (Phi) is 10.5. The van der Waals surface area contributed by atoms with Gasteiger partial charge in [-0.15, -0.1) is 52.6 Å². The number of rotatable bonds is 5. The van der Waals surface area contributed by atoms with E-state index in [4.69, 9.17) is 4.42 Å². The molecular formula is C46H41FIrN2O-2. The van der Waals surface area contributed by atoms with E-state index >= 15 is 4.39 Å². The summed E-state index contributed by atoms with van der Waals surface area (Å²) in [4.78, 5) is 9.21. The maximum atomic E-state index is 15.2. The Hall–Kier alpha value is -4.70. The Morgan fingerprint density at radius 2 is 1.41 bits per heavy atom. The van der Waals surface area contributed by atoms with E-state index in [1.807, 2.05) is 43.5 Å². The van der Waals surface area contributed by atoms with Crippen LogP contribution in [0.4, 0.5) is 4.39 Å². The number of aromatic nitrogens is 2. The van der Waals surface area contributed by atoms with Crippen molar-refractivity contribution in [3.05, 3.63) is 143 Å². The number of furan rings is 1. The summed E-state index contributed by atoms with van der Waals surface area (Å²) < 4.78 is 21.4. The summed E-state index contributed by atoms with van der Waals surface area (Å²) in [5, 5.41) is 5.91. The van der Waals surface area contributed by atoms with Crippen molar-refractivity contribution >= 4 is 43.5 Å². The number of hydrogen-bond donors (Lipinski definition) is 0. The first-order valence-electron chi connectivity index (χ1n) is 17.4. The van der Waals surface area contributed by atoms with Crippen molar-refractivity contribution in [3.8, 4) is 22.5 Å². The first-order valence-corrected chi connectivity index (χ1v) is 17.4. The SMILES string of the molecule is Cc1[c-]c(-c2nccc3c(F)c(CC(C)C)ccc23)c2oc3ccccc3c2c1.Cc1[c-]c(-c2nccc3cc(C(C)C)ccc23)cc(C)c1.[Ir]. The molecule has 8 aromatic rings. The predicted molar refractivity (Wildman–Crippen MR) is 206 cm³/mol. The molecule has 0 unspecified atom stereocenters. The number of benzene rings is 5. The molecule has 0 atom stereocenters. The average molecular weight is 849 g/mol. The number of fused-ring (bicyclic) bond motifs is 5. The molecule has 0 amide bonds. The minimum absolute atomic E-state index is 0. The number of nitrogens with zero attached hydrogens (tertiary/aromatic N) is 2. The van der Waals surface area contributed by atoms with Gasteiger partial charge >= 0.3 is 0 Å². The van der Waals surface area contributed by atoms with Crippen LogP contribution in [0.1, 0.15) is 61.4 Å². The summed E-state index contributed by atoms with van der Waals surface area (Å²) in [6.45, 7) is 14.9. The van der Waals surface area contributed by atoms with E-state index in [9.17, 15) is 0 Å². The molecule has 0 spiro atoms. The molecule has 259 valence electrons. The molecule has 3 nitrogen and oxygen atoms in total. The van der Waals surface area contributed by atoms with Crippen LogP contribution in [0.3, 0.4) is 0 Å². The number of pyridine rings is 2. The van der Waals surface area contributed by atoms with Gasteiger partial charge in [0.25, 0.3) is 0 Å². The maximum Gasteiger partial charge on any atom is 0.133 e. The summed E-state index contributed by atoms with van der Waals surface area (Å²) in [5.74, 6) is 0.774. The van der Waals surface area contributed by atoms with Gasteiger partial charge in [-0.25, -0.2) is 4.39 Å². The zero-order chi connectivity index (χ0) is 35.1. The molecule has 0 N–H and O–H groups in total. The molecule has 0 aliphatic carbocycles. The Balaban J connectivity index is 0.000000181. The van der Waals surface area contributed by atoms with Crippen LogP contribution < -0.4 is 0 Å². The molecule has 0 saturated heterocycles. The van der Waals surface area contributed by atoms with Crippen molar-refractivity contribution in [2.75, 3.05) is 0 Å². The van der Waals surface area contributed by atoms with Crippen molar-refractivity contribution in [1.82, 2.24) is 9.97 Å². The third-order valence-electron chi connectivity index (χ3n) is 9.23. The third kappa shape index (κ3) is 7.24. The van der Waals surface area contributed by atoms with Crippen LogP contribution in [0.25, 0.3) is 66.0 Å². The smallest absolute Gasteiger partial charge is 0.133 e. The minimum Gasteiger partial charge on any atom is -0.501 e. The Morgan fingerprint density at radius 3 is 2.18 bits per heavy atom. The number of hydrogen-bond acceptors (Lipinski definition) is 3. The fraction of sp³-hybridized carbons (Fsp3) is 0.217. The van der Waals surface area contributed by atoms with Crippen molar-refractivity contribution in [3.63, 3.8) is 0 Å². The Bertz CT molecular complexity index is 2510. The van der Waals surface area contributed by atoms with Gasteiger partial charge in [-0.3, -0.25) is 0 Å². The maximum absolute atomic E-state index is 15.2. The molecule has 3 aromatic heterocycles. The molecule has 0 aliphatic rings. The first kappa shape index (κ1) is 36.1. The van der Waals surface area contributed by atoms with Gasteiger partial charge in [0.1, 0.15) is 11.4 Å². The van der Waals surface area contributed by atoms with Gasteiger partial charge in [-0.2, -0.15) is 0 Å². The van der Waals surface area contributed by atoms with Crippen LogP contribution in [-0.2, 0) is 26.5 Å². The number of aryl methyl sites for hydroxylation is 3. The predicted octanol–water partition coefficient (Wildman–Crippen LogP) is 12.7. The van der Waals surface area contributed by atoms with E-state index in [1.54, 1.807) is 12.3 Å². The number of halogens is 1. The van der Waals surface area contributed by atoms with E-state index in [0.29, 0.717) is 29.3 Å². The molecular weight excluding hydrogens is 808 g/mol. The summed E-state index contributed by atoms with van der Waals surface area (Å²) in [6.07, 6.45) is 4.28. The second kappa shape index (κ2) is 14.9. The summed E-state index contributed by atoms with van der Waals surface area (Å²) in [7, 11) is 0. The van der Waals surface area contributed by atoms with E-state index in [1.165, 1.54) is 21.9 Å². The zero-order valence-corrected chi connectivity index (χ0v) is 32.5. The quantitative estimate of drug-likeness (QED) is 0.162. The largest absolute Gasteiger partial charge is 0.501 e. The molecule has 0 bridgehead atoms. The molecule has 0 saturated carbocycles. The second-order valence-electron chi connectivity index (χ2n) is 14.1. The normalized spacial score (nSPS) is 11.4. The van der Waals surface area contributed by atoms with Crippen molar-refractivity contribution in [2.45, 2.75) is 60.8 Å². The van der Waals surface area contributed by atoms with Crippen LogP contribution in [-0.4, -0.2) is 9.97 Å². The van der Waals surface area contributed by atoms with E-state index in [0.717, 1.165) is 60.8 Å². The second-order valence-corrected chi connectivity index (χ2v) is 14.1. The molecule has 8 rings (SSSR count). The monoisotopic (exact) mass is 849 g/mol. The fourth-order valence-electron chi connectivity index (χ4n) is 6.92. The van der Waals surface area contributed by atoms with Crippen molar-refractivity contribution in [1.29, 1.82) is 0 Å². The number of para-hydroxylation sites is 1. The molecule has 1 radical (unpaired) electrons. The van der Waals surface area contributed by atoms with Gasteiger partial charge in [0.15, 0.2) is 0 Å². The van der Waals surface area contributed by atoms with Crippen LogP contribution in [0, 0.1) is 44.6 Å². The molecule has 5 heteroatoms. The van der Waals surface area contributed by atoms with E-state index in [-0.39, 0.29) is 25.9 Å². The topological polar surface area (TPSA) is 38.9 Å². The molecule has 5 aromatic carbocycles. The average Bonchev–Trinajstić information content (AvgIpc) is 3.46. The standard InChI is InChI=1S/C26H21FNO.C20H20N.Ir/c1-15(2)12-17-8-9-20-19(24(17)27)10-11-28-25(20)22-14-16(3)13-21-18-6-4-5-7-23(18)29-26(21)22;1-13(2)16-5-6-19-17(12-16)7-8-21-20(19)18-10-14(3)9-15(4)11-18;/h4-11,13,15H,12H2,1-3H3;5-10,12-13H,1-4H3;/q2*-1;. The molecule has 0 aliphatic heterocycles. The van der Waals surface area contributed by atoms with Gasteiger partial charge in [0.05, 0.1) is 5.58 Å². The van der Waals surface area contributed by atoms with Crippen LogP contribution in [0.5, 0.6) is 0 Å². The van der Waals surface area contributed by atoms with Crippen LogP contribution >= 0.6 is 0 Å². The molecule has 51 heavy (non-hydrogen) atoms. The fourth-order valence-corrected chi connectivity index (χ4v) is 6.92. The van der Waals surface area contributed by atoms with Crippen LogP contribution in [0.15, 0.2) is 102 Å². The molecule has 0 fully saturated rings. The van der Waals surface area contributed by atoms with Gasteiger partial charge in [0.2, 0.25) is 0 Å². The van der Waals surface area contributed by atoms with E-state index in [2.05, 4.69) is 112 Å². The van der Waals surface area contributed by atoms with E-state index < -0.39 is 0 Å². The molecule has 3 heterocycles. The third-order valence-corrected chi connectivity index (χ3v) is 9.23. The van der Waals surface area contributed by atoms with Gasteiger partial charge in [0, 0.05) is 43.3 Å².